The van der Waals surface area contributed by atoms with Gasteiger partial charge in [0, 0.05) is 6.42 Å². The zero-order valence-electron chi connectivity index (χ0n) is 8.37. The molecule has 0 unspecified atom stereocenters. The van der Waals surface area contributed by atoms with Crippen LogP contribution in [-0.4, -0.2) is 17.4 Å². The number of nitrogens with two attached hydrogens (primary N) is 1. The van der Waals surface area contributed by atoms with Gasteiger partial charge in [0.2, 0.25) is 5.91 Å². The molecule has 1 aromatic rings. The minimum atomic E-state index is 0.00701. The number of carbonyl (C=O) groups is 1. The normalized spacial score (nSPS) is 10.0. The molecule has 0 aliphatic rings. The summed E-state index contributed by atoms with van der Waals surface area (Å²) < 4.78 is 0.753. The average Bonchev–Trinajstić information content (AvgIpc) is 2.22. The fraction of sp³-hybridized carbons (Fsp3) is 0.400. The highest BCUT2D eigenvalue weighted by Gasteiger charge is 2.01. The Bertz CT molecular complexity index is 313. The van der Waals surface area contributed by atoms with Gasteiger partial charge in [0.15, 0.2) is 0 Å². The number of anilines is 1. The Kier molecular flexibility index (Phi) is 5.28. The summed E-state index contributed by atoms with van der Waals surface area (Å²) in [5.41, 5.74) is 6.06. The second-order valence-corrected chi connectivity index (χ2v) is 3.98. The van der Waals surface area contributed by atoms with E-state index >= 15 is 0 Å². The highest BCUT2D eigenvalue weighted by molar-refractivity contribution is 9.10. The molecule has 0 spiro atoms. The maximum Gasteiger partial charge on any atom is 0.224 e. The number of hydrogen-bond acceptors (Lipinski definition) is 3. The van der Waals surface area contributed by atoms with E-state index < -0.39 is 0 Å². The molecule has 0 radical (unpaired) electrons. The van der Waals surface area contributed by atoms with Gasteiger partial charge >= 0.3 is 0 Å². The monoisotopic (exact) mass is 271 g/mol. The first-order valence-corrected chi connectivity index (χ1v) is 5.63. The van der Waals surface area contributed by atoms with E-state index in [4.69, 9.17) is 5.73 Å². The van der Waals surface area contributed by atoms with Crippen LogP contribution >= 0.6 is 15.9 Å². The van der Waals surface area contributed by atoms with Crippen molar-refractivity contribution in [2.24, 2.45) is 5.73 Å². The maximum absolute atomic E-state index is 11.4. The van der Waals surface area contributed by atoms with Crippen molar-refractivity contribution in [3.63, 3.8) is 0 Å². The lowest BCUT2D eigenvalue weighted by Gasteiger charge is -2.04. The van der Waals surface area contributed by atoms with E-state index in [1.807, 2.05) is 0 Å². The van der Waals surface area contributed by atoms with Crippen LogP contribution in [0.25, 0.3) is 0 Å². The molecule has 1 aromatic heterocycles. The van der Waals surface area contributed by atoms with Gasteiger partial charge in [0.25, 0.3) is 0 Å². The van der Waals surface area contributed by atoms with Crippen LogP contribution in [0.4, 0.5) is 5.69 Å². The van der Waals surface area contributed by atoms with Crippen LogP contribution in [0.3, 0.4) is 0 Å². The van der Waals surface area contributed by atoms with E-state index in [0.29, 0.717) is 13.0 Å². The van der Waals surface area contributed by atoms with E-state index in [2.05, 4.69) is 26.2 Å². The molecule has 1 amide bonds. The zero-order chi connectivity index (χ0) is 11.1. The van der Waals surface area contributed by atoms with Crippen molar-refractivity contribution < 1.29 is 4.79 Å². The average molecular weight is 272 g/mol. The third-order valence-electron chi connectivity index (χ3n) is 1.87. The SMILES string of the molecule is NCCCCC(=O)Nc1ccc(Br)nc1. The molecule has 0 aliphatic heterocycles. The van der Waals surface area contributed by atoms with Crippen molar-refractivity contribution in [3.8, 4) is 0 Å². The van der Waals surface area contributed by atoms with Crippen LogP contribution in [0.5, 0.6) is 0 Å². The Morgan fingerprint density at radius 1 is 1.47 bits per heavy atom. The molecule has 82 valence electrons. The Morgan fingerprint density at radius 2 is 2.27 bits per heavy atom. The van der Waals surface area contributed by atoms with Gasteiger partial charge in [-0.2, -0.15) is 0 Å². The number of halogens is 1. The van der Waals surface area contributed by atoms with E-state index in [-0.39, 0.29) is 5.91 Å². The Labute approximate surface area is 97.4 Å². The first-order valence-electron chi connectivity index (χ1n) is 4.84. The number of pyridine rings is 1. The zero-order valence-corrected chi connectivity index (χ0v) is 9.96. The van der Waals surface area contributed by atoms with Crippen LogP contribution in [0.15, 0.2) is 22.9 Å². The van der Waals surface area contributed by atoms with Gasteiger partial charge in [0.05, 0.1) is 11.9 Å². The quantitative estimate of drug-likeness (QED) is 0.635. The molecule has 0 fully saturated rings. The number of rotatable bonds is 5. The number of carbonyl (C=O) groups excluding carboxylic acids is 1. The first-order chi connectivity index (χ1) is 7.22. The highest BCUT2D eigenvalue weighted by atomic mass is 79.9. The number of aromatic nitrogens is 1. The van der Waals surface area contributed by atoms with Gasteiger partial charge < -0.3 is 11.1 Å². The number of amides is 1. The maximum atomic E-state index is 11.4. The van der Waals surface area contributed by atoms with Gasteiger partial charge in [-0.3, -0.25) is 4.79 Å². The molecule has 4 nitrogen and oxygen atoms in total. The molecule has 0 aromatic carbocycles. The molecule has 0 saturated heterocycles. The standard InChI is InChI=1S/C10H14BrN3O/c11-9-5-4-8(7-13-9)14-10(15)3-1-2-6-12/h4-5,7H,1-3,6,12H2,(H,14,15). The molecule has 5 heteroatoms. The lowest BCUT2D eigenvalue weighted by atomic mass is 10.2. The summed E-state index contributed by atoms with van der Waals surface area (Å²) in [4.78, 5) is 15.4. The van der Waals surface area contributed by atoms with E-state index in [9.17, 15) is 4.79 Å². The van der Waals surface area contributed by atoms with Crippen molar-refractivity contribution in [2.75, 3.05) is 11.9 Å². The Hall–Kier alpha value is -0.940. The molecule has 0 saturated carbocycles. The first kappa shape index (κ1) is 12.1. The molecule has 0 aliphatic carbocycles. The molecule has 0 bridgehead atoms. The van der Waals surface area contributed by atoms with E-state index in [0.717, 1.165) is 23.1 Å². The van der Waals surface area contributed by atoms with E-state index in [1.54, 1.807) is 18.3 Å². The predicted molar refractivity (Wildman–Crippen MR) is 63.5 cm³/mol. The predicted octanol–water partition coefficient (Wildman–Crippen LogP) is 1.91. The highest BCUT2D eigenvalue weighted by Crippen LogP contribution is 2.10. The van der Waals surface area contributed by atoms with Crippen molar-refractivity contribution in [2.45, 2.75) is 19.3 Å². The molecule has 1 heterocycles. The van der Waals surface area contributed by atoms with Crippen LogP contribution < -0.4 is 11.1 Å². The molecule has 3 N–H and O–H groups in total. The fourth-order valence-electron chi connectivity index (χ4n) is 1.10. The summed E-state index contributed by atoms with van der Waals surface area (Å²) in [6, 6.07) is 3.59. The second kappa shape index (κ2) is 6.53. The largest absolute Gasteiger partial charge is 0.330 e. The van der Waals surface area contributed by atoms with Crippen LogP contribution in [-0.2, 0) is 4.79 Å². The topological polar surface area (TPSA) is 68.0 Å². The molecule has 1 rings (SSSR count). The third-order valence-corrected chi connectivity index (χ3v) is 2.34. The van der Waals surface area contributed by atoms with Crippen LogP contribution in [0, 0.1) is 0 Å². The number of nitrogens with one attached hydrogen (secondary N) is 1. The summed E-state index contributed by atoms with van der Waals surface area (Å²) >= 11 is 3.23. The fourth-order valence-corrected chi connectivity index (χ4v) is 1.34. The summed E-state index contributed by atoms with van der Waals surface area (Å²) in [6.07, 6.45) is 3.83. The van der Waals surface area contributed by atoms with Crippen molar-refractivity contribution in [1.82, 2.24) is 4.98 Å². The van der Waals surface area contributed by atoms with E-state index in [1.165, 1.54) is 0 Å². The molecular formula is C10H14BrN3O. The van der Waals surface area contributed by atoms with Crippen molar-refractivity contribution in [3.05, 3.63) is 22.9 Å². The van der Waals surface area contributed by atoms with Gasteiger partial charge in [-0.25, -0.2) is 4.98 Å². The number of nitrogens with zero attached hydrogens (tertiary/aromatic N) is 1. The molecule has 0 atom stereocenters. The summed E-state index contributed by atoms with van der Waals surface area (Å²) in [5.74, 6) is 0.00701. The lowest BCUT2D eigenvalue weighted by molar-refractivity contribution is -0.116. The molecule has 15 heavy (non-hydrogen) atoms. The van der Waals surface area contributed by atoms with Gasteiger partial charge in [-0.15, -0.1) is 0 Å². The Balaban J connectivity index is 2.34. The number of unbranched alkanes of at least 4 members (excludes halogenated alkanes) is 1. The van der Waals surface area contributed by atoms with Crippen LogP contribution in [0.1, 0.15) is 19.3 Å². The molecular weight excluding hydrogens is 258 g/mol. The summed E-state index contributed by atoms with van der Waals surface area (Å²) in [5, 5.41) is 2.76. The summed E-state index contributed by atoms with van der Waals surface area (Å²) in [6.45, 7) is 0.632. The smallest absolute Gasteiger partial charge is 0.224 e. The second-order valence-electron chi connectivity index (χ2n) is 3.16. The van der Waals surface area contributed by atoms with Gasteiger partial charge in [0.1, 0.15) is 4.60 Å². The Morgan fingerprint density at radius 3 is 2.87 bits per heavy atom. The van der Waals surface area contributed by atoms with Gasteiger partial charge in [-0.1, -0.05) is 0 Å². The minimum Gasteiger partial charge on any atom is -0.330 e. The number of hydrogen-bond donors (Lipinski definition) is 2. The minimum absolute atomic E-state index is 0.00701. The van der Waals surface area contributed by atoms with Crippen LogP contribution in [0.2, 0.25) is 0 Å². The third kappa shape index (κ3) is 4.90. The summed E-state index contributed by atoms with van der Waals surface area (Å²) in [7, 11) is 0. The van der Waals surface area contributed by atoms with Crippen molar-refractivity contribution in [1.29, 1.82) is 0 Å². The lowest BCUT2D eigenvalue weighted by Crippen LogP contribution is -2.12. The van der Waals surface area contributed by atoms with Gasteiger partial charge in [-0.05, 0) is 47.4 Å². The van der Waals surface area contributed by atoms with Crippen molar-refractivity contribution >= 4 is 27.5 Å².